The summed E-state index contributed by atoms with van der Waals surface area (Å²) >= 11 is 0. The lowest BCUT2D eigenvalue weighted by Gasteiger charge is -2.03. The molecule has 0 unspecified atom stereocenters. The molecular weight excluding hydrogens is 242 g/mol. The van der Waals surface area contributed by atoms with E-state index in [2.05, 4.69) is 0 Å². The highest BCUT2D eigenvalue weighted by Crippen LogP contribution is 2.22. The van der Waals surface area contributed by atoms with Gasteiger partial charge in [-0.15, -0.1) is 0 Å². The van der Waals surface area contributed by atoms with Crippen molar-refractivity contribution in [1.29, 1.82) is 0 Å². The second kappa shape index (κ2) is 4.44. The summed E-state index contributed by atoms with van der Waals surface area (Å²) in [5.41, 5.74) is 0.0832. The molecule has 0 saturated heterocycles. The third-order valence-electron chi connectivity index (χ3n) is 2.42. The summed E-state index contributed by atoms with van der Waals surface area (Å²) in [6.07, 6.45) is 0. The van der Waals surface area contributed by atoms with E-state index in [-0.39, 0.29) is 11.1 Å². The summed E-state index contributed by atoms with van der Waals surface area (Å²) in [5.74, 6) is -3.53. The van der Waals surface area contributed by atoms with Gasteiger partial charge in [0.2, 0.25) is 0 Å². The van der Waals surface area contributed by atoms with E-state index >= 15 is 0 Å². The lowest BCUT2D eigenvalue weighted by atomic mass is 10.0. The number of carbonyl (C=O) groups is 1. The van der Waals surface area contributed by atoms with Crippen LogP contribution in [0, 0.1) is 11.6 Å². The number of hydrogen-bond donors (Lipinski definition) is 2. The number of halogens is 2. The molecule has 18 heavy (non-hydrogen) atoms. The fourth-order valence-electron chi connectivity index (χ4n) is 1.47. The van der Waals surface area contributed by atoms with Crippen LogP contribution in [0.25, 0.3) is 0 Å². The monoisotopic (exact) mass is 250 g/mol. The highest BCUT2D eigenvalue weighted by Gasteiger charge is 2.13. The van der Waals surface area contributed by atoms with E-state index in [1.54, 1.807) is 0 Å². The van der Waals surface area contributed by atoms with Crippen LogP contribution in [0.3, 0.4) is 0 Å². The SMILES string of the molecule is O=C(c1ccc(F)c(O)c1)c1ccc(F)c(O)c1. The fourth-order valence-corrected chi connectivity index (χ4v) is 1.47. The first kappa shape index (κ1) is 12.0. The summed E-state index contributed by atoms with van der Waals surface area (Å²) in [4.78, 5) is 11.9. The molecule has 0 atom stereocenters. The van der Waals surface area contributed by atoms with Crippen LogP contribution in [0.2, 0.25) is 0 Å². The van der Waals surface area contributed by atoms with Crippen molar-refractivity contribution in [3.05, 3.63) is 59.2 Å². The zero-order valence-electron chi connectivity index (χ0n) is 9.02. The third kappa shape index (κ3) is 2.15. The van der Waals surface area contributed by atoms with Gasteiger partial charge >= 0.3 is 0 Å². The van der Waals surface area contributed by atoms with Gasteiger partial charge in [0, 0.05) is 11.1 Å². The van der Waals surface area contributed by atoms with Crippen molar-refractivity contribution >= 4 is 5.78 Å². The molecule has 0 aliphatic heterocycles. The number of aromatic hydroxyl groups is 2. The van der Waals surface area contributed by atoms with Crippen molar-refractivity contribution in [2.45, 2.75) is 0 Å². The molecule has 0 fully saturated rings. The Morgan fingerprint density at radius 2 is 1.22 bits per heavy atom. The molecule has 2 aromatic carbocycles. The smallest absolute Gasteiger partial charge is 0.193 e. The van der Waals surface area contributed by atoms with Crippen LogP contribution in [0.1, 0.15) is 15.9 Å². The maximum atomic E-state index is 12.8. The van der Waals surface area contributed by atoms with Crippen molar-refractivity contribution in [1.82, 2.24) is 0 Å². The molecule has 0 radical (unpaired) electrons. The summed E-state index contributed by atoms with van der Waals surface area (Å²) in [7, 11) is 0. The Morgan fingerprint density at radius 1 is 0.833 bits per heavy atom. The molecule has 0 aromatic heterocycles. The summed E-state index contributed by atoms with van der Waals surface area (Å²) in [6, 6.07) is 6.23. The van der Waals surface area contributed by atoms with Gasteiger partial charge in [-0.1, -0.05) is 0 Å². The molecule has 0 heterocycles. The molecule has 2 N–H and O–H groups in total. The quantitative estimate of drug-likeness (QED) is 0.805. The summed E-state index contributed by atoms with van der Waals surface area (Å²) in [6.45, 7) is 0. The lowest BCUT2D eigenvalue weighted by molar-refractivity contribution is 0.103. The van der Waals surface area contributed by atoms with Gasteiger partial charge in [-0.05, 0) is 36.4 Å². The van der Waals surface area contributed by atoms with Gasteiger partial charge in [0.25, 0.3) is 0 Å². The molecule has 3 nitrogen and oxygen atoms in total. The summed E-state index contributed by atoms with van der Waals surface area (Å²) in [5, 5.41) is 18.3. The summed E-state index contributed by atoms with van der Waals surface area (Å²) < 4.78 is 25.7. The van der Waals surface area contributed by atoms with Gasteiger partial charge in [0.05, 0.1) is 0 Å². The number of ketones is 1. The van der Waals surface area contributed by atoms with E-state index in [0.29, 0.717) is 0 Å². The first-order valence-corrected chi connectivity index (χ1v) is 5.01. The minimum atomic E-state index is -0.839. The first-order valence-electron chi connectivity index (χ1n) is 5.01. The van der Waals surface area contributed by atoms with Gasteiger partial charge in [0.15, 0.2) is 28.9 Å². The topological polar surface area (TPSA) is 57.5 Å². The molecular formula is C13H8F2O3. The highest BCUT2D eigenvalue weighted by atomic mass is 19.1. The van der Waals surface area contributed by atoms with E-state index in [0.717, 1.165) is 24.3 Å². The molecule has 0 aliphatic carbocycles. The average Bonchev–Trinajstić information content (AvgIpc) is 2.35. The molecule has 0 spiro atoms. The third-order valence-corrected chi connectivity index (χ3v) is 2.42. The first-order chi connectivity index (χ1) is 8.49. The van der Waals surface area contributed by atoms with Crippen molar-refractivity contribution in [3.63, 3.8) is 0 Å². The minimum absolute atomic E-state index is 0.0416. The standard InChI is InChI=1S/C13H8F2O3/c14-9-3-1-7(5-11(9)16)13(18)8-2-4-10(15)12(17)6-8/h1-6,16-17H. The van der Waals surface area contributed by atoms with Gasteiger partial charge in [-0.2, -0.15) is 0 Å². The second-order valence-electron chi connectivity index (χ2n) is 3.66. The van der Waals surface area contributed by atoms with Crippen LogP contribution < -0.4 is 0 Å². The Morgan fingerprint density at radius 3 is 1.56 bits per heavy atom. The Hall–Kier alpha value is -2.43. The van der Waals surface area contributed by atoms with Crippen LogP contribution in [0.15, 0.2) is 36.4 Å². The Balaban J connectivity index is 2.41. The molecule has 0 aliphatic rings. The van der Waals surface area contributed by atoms with Gasteiger partial charge in [-0.3, -0.25) is 4.79 Å². The van der Waals surface area contributed by atoms with Crippen molar-refractivity contribution in [3.8, 4) is 11.5 Å². The Kier molecular flexibility index (Phi) is 2.97. The van der Waals surface area contributed by atoms with E-state index in [4.69, 9.17) is 10.2 Å². The van der Waals surface area contributed by atoms with Gasteiger partial charge in [-0.25, -0.2) is 8.78 Å². The van der Waals surface area contributed by atoms with Crippen LogP contribution >= 0.6 is 0 Å². The molecule has 0 bridgehead atoms. The van der Waals surface area contributed by atoms with Crippen LogP contribution in [0.4, 0.5) is 8.78 Å². The number of carbonyl (C=O) groups excluding carboxylic acids is 1. The molecule has 5 heteroatoms. The van der Waals surface area contributed by atoms with Crippen LogP contribution in [-0.2, 0) is 0 Å². The molecule has 92 valence electrons. The minimum Gasteiger partial charge on any atom is -0.505 e. The van der Waals surface area contributed by atoms with E-state index in [9.17, 15) is 13.6 Å². The number of hydrogen-bond acceptors (Lipinski definition) is 3. The fraction of sp³-hybridized carbons (Fsp3) is 0. The zero-order chi connectivity index (χ0) is 13.3. The predicted molar refractivity (Wildman–Crippen MR) is 59.6 cm³/mol. The second-order valence-corrected chi connectivity index (χ2v) is 3.66. The van der Waals surface area contributed by atoms with E-state index in [1.165, 1.54) is 12.1 Å². The molecule has 0 saturated carbocycles. The lowest BCUT2D eigenvalue weighted by Crippen LogP contribution is -2.01. The number of phenols is 2. The van der Waals surface area contributed by atoms with E-state index in [1.807, 2.05) is 0 Å². The number of phenolic OH excluding ortho intramolecular Hbond substituents is 2. The Bertz CT molecular complexity index is 570. The van der Waals surface area contributed by atoms with Gasteiger partial charge in [0.1, 0.15) is 0 Å². The molecule has 0 amide bonds. The van der Waals surface area contributed by atoms with Crippen molar-refractivity contribution in [2.75, 3.05) is 0 Å². The number of benzene rings is 2. The molecule has 2 rings (SSSR count). The van der Waals surface area contributed by atoms with Crippen LogP contribution in [-0.4, -0.2) is 16.0 Å². The van der Waals surface area contributed by atoms with E-state index < -0.39 is 28.9 Å². The maximum absolute atomic E-state index is 12.8. The maximum Gasteiger partial charge on any atom is 0.193 e. The largest absolute Gasteiger partial charge is 0.505 e. The zero-order valence-corrected chi connectivity index (χ0v) is 9.02. The van der Waals surface area contributed by atoms with Crippen molar-refractivity contribution in [2.24, 2.45) is 0 Å². The van der Waals surface area contributed by atoms with Crippen molar-refractivity contribution < 1.29 is 23.8 Å². The Labute approximate surface area is 101 Å². The predicted octanol–water partition coefficient (Wildman–Crippen LogP) is 2.61. The van der Waals surface area contributed by atoms with Gasteiger partial charge < -0.3 is 10.2 Å². The normalized spacial score (nSPS) is 10.3. The average molecular weight is 250 g/mol. The highest BCUT2D eigenvalue weighted by molar-refractivity contribution is 6.09. The van der Waals surface area contributed by atoms with Crippen LogP contribution in [0.5, 0.6) is 11.5 Å². The molecule has 2 aromatic rings. The number of rotatable bonds is 2.